The molecule has 3 rings (SSSR count). The second-order valence-corrected chi connectivity index (χ2v) is 11.3. The average molecular weight is 437 g/mol. The number of aryl methyl sites for hydroxylation is 1. The summed E-state index contributed by atoms with van der Waals surface area (Å²) in [5, 5.41) is 0. The molecule has 180 valence electrons. The van der Waals surface area contributed by atoms with Crippen molar-refractivity contribution in [2.75, 3.05) is 0 Å². The number of unbranched alkanes of at least 4 members (excludes halogenated alkanes) is 4. The van der Waals surface area contributed by atoms with E-state index in [9.17, 15) is 0 Å². The van der Waals surface area contributed by atoms with Crippen LogP contribution >= 0.6 is 0 Å². The molecule has 0 spiro atoms. The highest BCUT2D eigenvalue weighted by atomic mass is 14.4. The van der Waals surface area contributed by atoms with Gasteiger partial charge in [0, 0.05) is 0 Å². The quantitative estimate of drug-likeness (QED) is 0.201. The average Bonchev–Trinajstić information content (AvgIpc) is 2.85. The Morgan fingerprint density at radius 2 is 1.56 bits per heavy atom. The van der Waals surface area contributed by atoms with Gasteiger partial charge in [-0.25, -0.2) is 0 Å². The topological polar surface area (TPSA) is 0 Å². The van der Waals surface area contributed by atoms with Crippen LogP contribution in [-0.4, -0.2) is 0 Å². The van der Waals surface area contributed by atoms with Gasteiger partial charge in [-0.1, -0.05) is 101 Å². The van der Waals surface area contributed by atoms with E-state index in [-0.39, 0.29) is 0 Å². The van der Waals surface area contributed by atoms with E-state index in [0.717, 1.165) is 5.92 Å². The Labute approximate surface area is 200 Å². The molecule has 1 saturated carbocycles. The minimum atomic E-state index is 0.659. The van der Waals surface area contributed by atoms with Crippen LogP contribution in [0.5, 0.6) is 0 Å². The van der Waals surface area contributed by atoms with Crippen molar-refractivity contribution in [1.82, 2.24) is 0 Å². The number of benzene rings is 1. The largest absolute Gasteiger partial charge is 0.0853 e. The molecule has 0 heteroatoms. The second kappa shape index (κ2) is 14.3. The Kier molecular flexibility index (Phi) is 11.4. The van der Waals surface area contributed by atoms with Crippen molar-refractivity contribution >= 4 is 0 Å². The van der Waals surface area contributed by atoms with Crippen LogP contribution in [0.3, 0.4) is 0 Å². The van der Waals surface area contributed by atoms with Gasteiger partial charge >= 0.3 is 0 Å². The third-order valence-electron chi connectivity index (χ3n) is 8.66. The van der Waals surface area contributed by atoms with Crippen molar-refractivity contribution in [3.05, 3.63) is 47.0 Å². The van der Waals surface area contributed by atoms with Gasteiger partial charge in [-0.05, 0) is 99.5 Å². The Balaban J connectivity index is 1.68. The van der Waals surface area contributed by atoms with Gasteiger partial charge in [0.1, 0.15) is 0 Å². The summed E-state index contributed by atoms with van der Waals surface area (Å²) in [6.45, 7) is 4.64. The van der Waals surface area contributed by atoms with Crippen molar-refractivity contribution in [2.45, 2.75) is 148 Å². The maximum absolute atomic E-state index is 2.59. The van der Waals surface area contributed by atoms with Crippen LogP contribution in [0.15, 0.2) is 35.9 Å². The van der Waals surface area contributed by atoms with Gasteiger partial charge < -0.3 is 0 Å². The van der Waals surface area contributed by atoms with Gasteiger partial charge in [0.2, 0.25) is 0 Å². The smallest absolute Gasteiger partial charge is 0.0125 e. The monoisotopic (exact) mass is 436 g/mol. The Morgan fingerprint density at radius 1 is 0.781 bits per heavy atom. The van der Waals surface area contributed by atoms with E-state index in [1.165, 1.54) is 134 Å². The van der Waals surface area contributed by atoms with Gasteiger partial charge in [0.25, 0.3) is 0 Å². The lowest BCUT2D eigenvalue weighted by atomic mass is 9.66. The van der Waals surface area contributed by atoms with Crippen LogP contribution in [0.4, 0.5) is 0 Å². The fraction of sp³-hybridized carbons (Fsp3) is 0.750. The molecule has 1 fully saturated rings. The van der Waals surface area contributed by atoms with Crippen molar-refractivity contribution in [1.29, 1.82) is 0 Å². The molecule has 0 N–H and O–H groups in total. The van der Waals surface area contributed by atoms with Crippen molar-refractivity contribution in [3.8, 4) is 0 Å². The second-order valence-electron chi connectivity index (χ2n) is 11.3. The lowest BCUT2D eigenvalue weighted by molar-refractivity contribution is 0.144. The Bertz CT molecular complexity index is 643. The molecule has 32 heavy (non-hydrogen) atoms. The van der Waals surface area contributed by atoms with Crippen molar-refractivity contribution in [2.24, 2.45) is 5.41 Å². The molecule has 0 heterocycles. The number of rotatable bonds is 14. The van der Waals surface area contributed by atoms with Crippen LogP contribution in [0, 0.1) is 5.41 Å². The zero-order chi connectivity index (χ0) is 22.5. The van der Waals surface area contributed by atoms with Gasteiger partial charge in [-0.2, -0.15) is 0 Å². The molecule has 0 amide bonds. The van der Waals surface area contributed by atoms with E-state index in [2.05, 4.69) is 44.2 Å². The molecule has 0 nitrogen and oxygen atoms in total. The summed E-state index contributed by atoms with van der Waals surface area (Å²) in [5.74, 6) is 0.731. The summed E-state index contributed by atoms with van der Waals surface area (Å²) in [4.78, 5) is 0. The minimum Gasteiger partial charge on any atom is -0.0853 e. The number of hydrogen-bond donors (Lipinski definition) is 0. The van der Waals surface area contributed by atoms with Crippen molar-refractivity contribution in [3.63, 3.8) is 0 Å². The third-order valence-corrected chi connectivity index (χ3v) is 8.66. The highest BCUT2D eigenvalue weighted by Crippen LogP contribution is 2.46. The molecule has 1 aromatic carbocycles. The first-order valence-corrected chi connectivity index (χ1v) is 14.5. The molecular formula is C32H52. The van der Waals surface area contributed by atoms with Crippen LogP contribution in [-0.2, 0) is 6.42 Å². The Morgan fingerprint density at radius 3 is 2.25 bits per heavy atom. The molecule has 1 unspecified atom stereocenters. The van der Waals surface area contributed by atoms with Crippen molar-refractivity contribution < 1.29 is 0 Å². The van der Waals surface area contributed by atoms with E-state index in [4.69, 9.17) is 0 Å². The van der Waals surface area contributed by atoms with E-state index in [1.54, 1.807) is 11.1 Å². The minimum absolute atomic E-state index is 0.659. The molecule has 1 aromatic rings. The lowest BCUT2D eigenvalue weighted by Crippen LogP contribution is -2.25. The SMILES string of the molecule is CCCCCCC1(CCC(CC2=CCCCC2)c2ccc(CCCC)cc2)CCCCC1. The standard InChI is InChI=1S/C32H52/c1-3-5-7-12-23-32(24-13-9-14-25-32)26-22-31(27-29-16-10-8-11-17-29)30-20-18-28(19-21-30)15-6-4-2/h16,18-21,31H,3-15,17,22-27H2,1-2H3. The molecular weight excluding hydrogens is 384 g/mol. The summed E-state index contributed by atoms with van der Waals surface area (Å²) in [6, 6.07) is 9.87. The summed E-state index contributed by atoms with van der Waals surface area (Å²) >= 11 is 0. The highest BCUT2D eigenvalue weighted by molar-refractivity contribution is 5.27. The maximum Gasteiger partial charge on any atom is -0.0125 e. The molecule has 0 aromatic heterocycles. The zero-order valence-corrected chi connectivity index (χ0v) is 21.6. The lowest BCUT2D eigenvalue weighted by Gasteiger charge is -2.39. The van der Waals surface area contributed by atoms with E-state index >= 15 is 0 Å². The van der Waals surface area contributed by atoms with Crippen LogP contribution in [0.2, 0.25) is 0 Å². The van der Waals surface area contributed by atoms with Gasteiger partial charge in [0.15, 0.2) is 0 Å². The van der Waals surface area contributed by atoms with Crippen LogP contribution < -0.4 is 0 Å². The van der Waals surface area contributed by atoms with E-state index < -0.39 is 0 Å². The number of allylic oxidation sites excluding steroid dienone is 2. The molecule has 1 atom stereocenters. The highest BCUT2D eigenvalue weighted by Gasteiger charge is 2.32. The van der Waals surface area contributed by atoms with E-state index in [0.29, 0.717) is 5.41 Å². The normalized spacial score (nSPS) is 19.5. The van der Waals surface area contributed by atoms with E-state index in [1.807, 2.05) is 0 Å². The summed E-state index contributed by atoms with van der Waals surface area (Å²) in [5.41, 5.74) is 5.57. The first-order chi connectivity index (χ1) is 15.7. The first-order valence-electron chi connectivity index (χ1n) is 14.5. The summed E-state index contributed by atoms with van der Waals surface area (Å²) in [6.07, 6.45) is 30.8. The molecule has 0 radical (unpaired) electrons. The van der Waals surface area contributed by atoms with Crippen LogP contribution in [0.25, 0.3) is 0 Å². The predicted molar refractivity (Wildman–Crippen MR) is 142 cm³/mol. The van der Waals surface area contributed by atoms with Gasteiger partial charge in [-0.3, -0.25) is 0 Å². The molecule has 2 aliphatic carbocycles. The third kappa shape index (κ3) is 8.39. The molecule has 0 aliphatic heterocycles. The predicted octanol–water partition coefficient (Wildman–Crippen LogP) is 10.7. The Hall–Kier alpha value is -1.04. The van der Waals surface area contributed by atoms with Gasteiger partial charge in [-0.15, -0.1) is 0 Å². The fourth-order valence-corrected chi connectivity index (χ4v) is 6.46. The molecule has 0 saturated heterocycles. The fourth-order valence-electron chi connectivity index (χ4n) is 6.46. The van der Waals surface area contributed by atoms with Crippen LogP contribution in [0.1, 0.15) is 153 Å². The first kappa shape index (κ1) is 25.6. The maximum atomic E-state index is 2.59. The molecule has 0 bridgehead atoms. The zero-order valence-electron chi connectivity index (χ0n) is 21.6. The summed E-state index contributed by atoms with van der Waals surface area (Å²) in [7, 11) is 0. The molecule has 2 aliphatic rings. The number of hydrogen-bond acceptors (Lipinski definition) is 0. The van der Waals surface area contributed by atoms with Gasteiger partial charge in [0.05, 0.1) is 0 Å². The summed E-state index contributed by atoms with van der Waals surface area (Å²) < 4.78 is 0.